The average molecular weight is 241 g/mol. The number of nitrogens with zero attached hydrogens (tertiary/aromatic N) is 1. The van der Waals surface area contributed by atoms with Crippen LogP contribution in [-0.2, 0) is 10.2 Å². The zero-order chi connectivity index (χ0) is 12.6. The third kappa shape index (κ3) is 1.76. The summed E-state index contributed by atoms with van der Waals surface area (Å²) in [5, 5.41) is 0. The number of carbonyl (C=O) groups excluding carboxylic acids is 1. The fraction of sp³-hybridized carbons (Fsp3) is 0.214. The van der Waals surface area contributed by atoms with Crippen LogP contribution in [0.25, 0.3) is 0 Å². The minimum Gasteiger partial charge on any atom is -0.399 e. The van der Waals surface area contributed by atoms with Gasteiger partial charge in [0.25, 0.3) is 0 Å². The first-order valence-electron chi connectivity index (χ1n) is 6.01. The number of hydrogen-bond donors (Lipinski definition) is 2. The van der Waals surface area contributed by atoms with Crippen LogP contribution < -0.4 is 11.2 Å². The molecule has 3 N–H and O–H groups in total. The third-order valence-electron chi connectivity index (χ3n) is 3.48. The first kappa shape index (κ1) is 10.9. The van der Waals surface area contributed by atoms with Gasteiger partial charge in [-0.15, -0.1) is 0 Å². The van der Waals surface area contributed by atoms with E-state index >= 15 is 0 Å². The van der Waals surface area contributed by atoms with Crippen LogP contribution in [0.3, 0.4) is 0 Å². The molecule has 0 spiro atoms. The van der Waals surface area contributed by atoms with Crippen molar-refractivity contribution in [1.82, 2.24) is 4.68 Å². The molecule has 1 aliphatic carbocycles. The van der Waals surface area contributed by atoms with Crippen molar-refractivity contribution in [2.75, 3.05) is 11.2 Å². The summed E-state index contributed by atoms with van der Waals surface area (Å²) in [7, 11) is 0. The maximum atomic E-state index is 12.3. The van der Waals surface area contributed by atoms with Gasteiger partial charge in [-0.2, -0.15) is 0 Å². The normalized spacial score (nSPS) is 16.2. The number of nitrogen functional groups attached to an aromatic ring is 1. The molecular formula is C14H15N3O. The Hall–Kier alpha value is -2.23. The van der Waals surface area contributed by atoms with E-state index in [-0.39, 0.29) is 11.3 Å². The van der Waals surface area contributed by atoms with Gasteiger partial charge < -0.3 is 5.73 Å². The number of aromatic nitrogens is 1. The smallest absolute Gasteiger partial charge is 0.249 e. The summed E-state index contributed by atoms with van der Waals surface area (Å²) in [5.41, 5.74) is 9.96. The molecule has 0 atom stereocenters. The molecule has 0 aliphatic heterocycles. The number of anilines is 1. The molecule has 1 saturated carbocycles. The third-order valence-corrected chi connectivity index (χ3v) is 3.48. The summed E-state index contributed by atoms with van der Waals surface area (Å²) < 4.78 is 1.68. The van der Waals surface area contributed by atoms with Crippen LogP contribution in [0.2, 0.25) is 0 Å². The SMILES string of the molecule is Nc1ccc(C2(C(=O)Nn3cccc3)CC2)cc1. The Balaban J connectivity index is 1.82. The van der Waals surface area contributed by atoms with Crippen LogP contribution >= 0.6 is 0 Å². The van der Waals surface area contributed by atoms with Crippen molar-refractivity contribution in [3.63, 3.8) is 0 Å². The molecule has 1 aromatic heterocycles. The van der Waals surface area contributed by atoms with E-state index in [9.17, 15) is 4.79 Å². The van der Waals surface area contributed by atoms with Crippen LogP contribution in [0.15, 0.2) is 48.8 Å². The quantitative estimate of drug-likeness (QED) is 0.806. The predicted octanol–water partition coefficient (Wildman–Crippen LogP) is 1.87. The van der Waals surface area contributed by atoms with Crippen molar-refractivity contribution in [2.24, 2.45) is 0 Å². The highest BCUT2D eigenvalue weighted by Gasteiger charge is 2.51. The molecule has 3 rings (SSSR count). The molecule has 0 unspecified atom stereocenters. The molecule has 2 aromatic rings. The van der Waals surface area contributed by atoms with Crippen molar-refractivity contribution in [1.29, 1.82) is 0 Å². The van der Waals surface area contributed by atoms with Gasteiger partial charge in [-0.25, -0.2) is 0 Å². The first-order chi connectivity index (χ1) is 8.71. The molecule has 0 radical (unpaired) electrons. The summed E-state index contributed by atoms with van der Waals surface area (Å²) >= 11 is 0. The average Bonchev–Trinajstić information content (AvgIpc) is 3.03. The van der Waals surface area contributed by atoms with E-state index in [1.807, 2.05) is 48.8 Å². The first-order valence-corrected chi connectivity index (χ1v) is 6.01. The lowest BCUT2D eigenvalue weighted by Crippen LogP contribution is -2.32. The standard InChI is InChI=1S/C14H15N3O/c15-12-5-3-11(4-6-12)14(7-8-14)13(18)16-17-9-1-2-10-17/h1-6,9-10H,7-8,15H2,(H,16,18). The van der Waals surface area contributed by atoms with Crippen LogP contribution in [0.4, 0.5) is 5.69 Å². The van der Waals surface area contributed by atoms with E-state index in [4.69, 9.17) is 5.73 Å². The molecular weight excluding hydrogens is 226 g/mol. The second kappa shape index (κ2) is 3.91. The van der Waals surface area contributed by atoms with E-state index < -0.39 is 0 Å². The second-order valence-electron chi connectivity index (χ2n) is 4.74. The summed E-state index contributed by atoms with van der Waals surface area (Å²) in [6, 6.07) is 11.3. The van der Waals surface area contributed by atoms with Crippen molar-refractivity contribution >= 4 is 11.6 Å². The van der Waals surface area contributed by atoms with Crippen molar-refractivity contribution in [3.05, 3.63) is 54.4 Å². The fourth-order valence-corrected chi connectivity index (χ4v) is 2.21. The number of amides is 1. The topological polar surface area (TPSA) is 60.1 Å². The molecule has 1 fully saturated rings. The Bertz CT molecular complexity index is 553. The lowest BCUT2D eigenvalue weighted by atomic mass is 9.95. The molecule has 0 saturated heterocycles. The molecule has 1 amide bonds. The van der Waals surface area contributed by atoms with E-state index in [1.54, 1.807) is 4.68 Å². The van der Waals surface area contributed by atoms with Crippen molar-refractivity contribution in [2.45, 2.75) is 18.3 Å². The van der Waals surface area contributed by atoms with E-state index in [0.717, 1.165) is 24.1 Å². The number of benzene rings is 1. The van der Waals surface area contributed by atoms with Crippen molar-refractivity contribution in [3.8, 4) is 0 Å². The van der Waals surface area contributed by atoms with Gasteiger partial charge in [0.05, 0.1) is 5.41 Å². The molecule has 1 aliphatic rings. The lowest BCUT2D eigenvalue weighted by Gasteiger charge is -2.16. The molecule has 1 heterocycles. The fourth-order valence-electron chi connectivity index (χ4n) is 2.21. The maximum Gasteiger partial charge on any atom is 0.249 e. The molecule has 18 heavy (non-hydrogen) atoms. The number of hydrogen-bond acceptors (Lipinski definition) is 2. The zero-order valence-corrected chi connectivity index (χ0v) is 9.97. The highest BCUT2D eigenvalue weighted by molar-refractivity contribution is 5.96. The Morgan fingerprint density at radius 3 is 2.33 bits per heavy atom. The van der Waals surface area contributed by atoms with Crippen LogP contribution in [0.1, 0.15) is 18.4 Å². The Morgan fingerprint density at radius 1 is 1.17 bits per heavy atom. The highest BCUT2D eigenvalue weighted by atomic mass is 16.2. The van der Waals surface area contributed by atoms with Gasteiger partial charge in [0.15, 0.2) is 0 Å². The van der Waals surface area contributed by atoms with Gasteiger partial charge in [-0.05, 0) is 42.7 Å². The number of rotatable bonds is 3. The molecule has 4 heteroatoms. The van der Waals surface area contributed by atoms with Gasteiger partial charge in [0.1, 0.15) is 0 Å². The van der Waals surface area contributed by atoms with Crippen LogP contribution in [-0.4, -0.2) is 10.6 Å². The number of nitrogens with two attached hydrogens (primary N) is 1. The van der Waals surface area contributed by atoms with E-state index in [1.165, 1.54) is 0 Å². The molecule has 4 nitrogen and oxygen atoms in total. The largest absolute Gasteiger partial charge is 0.399 e. The van der Waals surface area contributed by atoms with Crippen LogP contribution in [0, 0.1) is 0 Å². The van der Waals surface area contributed by atoms with Crippen LogP contribution in [0.5, 0.6) is 0 Å². The van der Waals surface area contributed by atoms with Gasteiger partial charge in [0.2, 0.25) is 5.91 Å². The Labute approximate surface area is 105 Å². The monoisotopic (exact) mass is 241 g/mol. The maximum absolute atomic E-state index is 12.3. The summed E-state index contributed by atoms with van der Waals surface area (Å²) in [6.45, 7) is 0. The second-order valence-corrected chi connectivity index (χ2v) is 4.74. The van der Waals surface area contributed by atoms with Gasteiger partial charge in [0, 0.05) is 18.1 Å². The Kier molecular flexibility index (Phi) is 2.37. The predicted molar refractivity (Wildman–Crippen MR) is 70.6 cm³/mol. The summed E-state index contributed by atoms with van der Waals surface area (Å²) in [4.78, 5) is 12.3. The zero-order valence-electron chi connectivity index (χ0n) is 9.97. The van der Waals surface area contributed by atoms with Gasteiger partial charge >= 0.3 is 0 Å². The molecule has 1 aromatic carbocycles. The minimum atomic E-state index is -0.363. The number of nitrogens with one attached hydrogen (secondary N) is 1. The van der Waals surface area contributed by atoms with E-state index in [0.29, 0.717) is 0 Å². The minimum absolute atomic E-state index is 0.0449. The van der Waals surface area contributed by atoms with Crippen molar-refractivity contribution < 1.29 is 4.79 Å². The molecule has 0 bridgehead atoms. The van der Waals surface area contributed by atoms with Gasteiger partial charge in [-0.3, -0.25) is 14.9 Å². The van der Waals surface area contributed by atoms with E-state index in [2.05, 4.69) is 5.43 Å². The molecule has 92 valence electrons. The van der Waals surface area contributed by atoms with Gasteiger partial charge in [-0.1, -0.05) is 12.1 Å². The summed E-state index contributed by atoms with van der Waals surface area (Å²) in [6.07, 6.45) is 5.42. The summed E-state index contributed by atoms with van der Waals surface area (Å²) in [5.74, 6) is 0.0449. The number of carbonyl (C=O) groups is 1. The Morgan fingerprint density at radius 2 is 1.78 bits per heavy atom. The highest BCUT2D eigenvalue weighted by Crippen LogP contribution is 2.48. The lowest BCUT2D eigenvalue weighted by molar-refractivity contribution is -0.119.